The monoisotopic (exact) mass is 515 g/mol. The van der Waals surface area contributed by atoms with Gasteiger partial charge in [0.1, 0.15) is 11.4 Å². The minimum absolute atomic E-state index is 0.0298. The fraction of sp³-hybridized carbons (Fsp3) is 0.679. The maximum Gasteiger partial charge on any atom is 0.407 e. The molecule has 0 spiro atoms. The highest BCUT2D eigenvalue weighted by Gasteiger charge is 2.47. The predicted molar refractivity (Wildman–Crippen MR) is 148 cm³/mol. The number of likely N-dealkylation sites (tertiary alicyclic amines) is 1. The van der Waals surface area contributed by atoms with Crippen molar-refractivity contribution in [1.29, 1.82) is 0 Å². The molecule has 36 heavy (non-hydrogen) atoms. The molecular weight excluding hydrogens is 470 g/mol. The summed E-state index contributed by atoms with van der Waals surface area (Å²) in [5.41, 5.74) is 2.64. The Morgan fingerprint density at radius 2 is 1.69 bits per heavy atom. The summed E-state index contributed by atoms with van der Waals surface area (Å²) in [4.78, 5) is 32.4. The van der Waals surface area contributed by atoms with Crippen molar-refractivity contribution in [2.24, 2.45) is 11.3 Å². The molecule has 0 aliphatic carbocycles. The number of methoxy groups -OCH3 is 1. The Bertz CT molecular complexity index is 1090. The number of nitrogens with zero attached hydrogens (tertiary/aromatic N) is 3. The second kappa shape index (κ2) is 10.2. The Labute approximate surface area is 217 Å². The molecule has 0 radical (unpaired) electrons. The van der Waals surface area contributed by atoms with Crippen LogP contribution in [0.1, 0.15) is 85.5 Å². The van der Waals surface area contributed by atoms with E-state index in [9.17, 15) is 14.7 Å². The van der Waals surface area contributed by atoms with E-state index in [-0.39, 0.29) is 23.2 Å². The van der Waals surface area contributed by atoms with Gasteiger partial charge in [-0.1, -0.05) is 62.3 Å². The largest absolute Gasteiger partial charge is 0.494 e. The number of aromatic nitrogens is 2. The molecule has 2 aromatic rings. The van der Waals surface area contributed by atoms with Crippen molar-refractivity contribution in [3.05, 3.63) is 24.0 Å². The number of pyridine rings is 1. The average Bonchev–Trinajstić information content (AvgIpc) is 3.20. The molecule has 1 N–H and O–H groups in total. The van der Waals surface area contributed by atoms with Crippen molar-refractivity contribution in [2.75, 3.05) is 13.7 Å². The van der Waals surface area contributed by atoms with E-state index in [0.29, 0.717) is 47.3 Å². The number of carbonyl (C=O) groups is 2. The third-order valence-corrected chi connectivity index (χ3v) is 15.3. The summed E-state index contributed by atoms with van der Waals surface area (Å²) in [6.07, 6.45) is 3.93. The Morgan fingerprint density at radius 3 is 2.17 bits per heavy atom. The standard InChI is InChI=1S/C28H45N3O4Si/c1-17(2)36(18(3)4,19(5)6)31-14-12-21-24(22(35-10)16-29-26(21)31)25(32)20-11-13-30(27(33)34)23(15-20)28(7,8)9/h12,14,16-20,23H,11,13,15H2,1-10H3,(H,33,34). The van der Waals surface area contributed by atoms with Crippen LogP contribution in [0.25, 0.3) is 11.0 Å². The fourth-order valence-corrected chi connectivity index (χ4v) is 13.6. The molecule has 0 saturated carbocycles. The molecule has 0 bridgehead atoms. The number of carbonyl (C=O) groups excluding carboxylic acids is 1. The van der Waals surface area contributed by atoms with E-state index in [0.717, 1.165) is 11.0 Å². The quantitative estimate of drug-likeness (QED) is 0.315. The first-order chi connectivity index (χ1) is 16.7. The first-order valence-electron chi connectivity index (χ1n) is 13.3. The van der Waals surface area contributed by atoms with Crippen LogP contribution in [0, 0.1) is 11.3 Å². The molecule has 0 aromatic carbocycles. The first-order valence-corrected chi connectivity index (χ1v) is 15.5. The van der Waals surface area contributed by atoms with Crippen molar-refractivity contribution in [3.8, 4) is 5.75 Å². The first kappa shape index (κ1) is 28.2. The number of ketones is 1. The number of carboxylic acid groups (broad SMARTS) is 1. The van der Waals surface area contributed by atoms with Crippen LogP contribution in [0.3, 0.4) is 0 Å². The lowest BCUT2D eigenvalue weighted by Gasteiger charge is -2.44. The van der Waals surface area contributed by atoms with E-state index in [1.165, 1.54) is 4.90 Å². The Hall–Kier alpha value is -2.35. The maximum atomic E-state index is 14.1. The van der Waals surface area contributed by atoms with Crippen LogP contribution in [-0.2, 0) is 0 Å². The molecule has 8 heteroatoms. The summed E-state index contributed by atoms with van der Waals surface area (Å²) in [6, 6.07) is 1.81. The lowest BCUT2D eigenvalue weighted by Crippen LogP contribution is -2.52. The molecule has 7 nitrogen and oxygen atoms in total. The normalized spacial score (nSPS) is 19.5. The number of hydrogen-bond donors (Lipinski definition) is 1. The van der Waals surface area contributed by atoms with Crippen molar-refractivity contribution < 1.29 is 19.4 Å². The zero-order valence-electron chi connectivity index (χ0n) is 23.8. The van der Waals surface area contributed by atoms with Gasteiger partial charge < -0.3 is 19.0 Å². The SMILES string of the molecule is COc1cnc2c(ccn2[Si](C(C)C)(C(C)C)C(C)C)c1C(=O)C1CCN(C(=O)O)C(C(C)(C)C)C1. The molecule has 3 rings (SSSR count). The highest BCUT2D eigenvalue weighted by Crippen LogP contribution is 2.45. The third kappa shape index (κ3) is 4.57. The molecular formula is C28H45N3O4Si. The van der Waals surface area contributed by atoms with Crippen LogP contribution < -0.4 is 4.74 Å². The molecule has 1 saturated heterocycles. The number of Topliss-reactive ketones (excluding diaryl/α,β-unsaturated/α-hetero) is 1. The number of ether oxygens (including phenoxy) is 1. The lowest BCUT2D eigenvalue weighted by atomic mass is 9.75. The Balaban J connectivity index is 2.15. The fourth-order valence-electron chi connectivity index (χ4n) is 7.08. The summed E-state index contributed by atoms with van der Waals surface area (Å²) in [7, 11) is -0.488. The number of fused-ring (bicyclic) bond motifs is 1. The Kier molecular flexibility index (Phi) is 7.99. The highest BCUT2D eigenvalue weighted by molar-refractivity contribution is 6.82. The van der Waals surface area contributed by atoms with Crippen molar-refractivity contribution in [2.45, 2.75) is 97.8 Å². The van der Waals surface area contributed by atoms with Crippen LogP contribution in [0.5, 0.6) is 5.75 Å². The maximum absolute atomic E-state index is 14.1. The summed E-state index contributed by atoms with van der Waals surface area (Å²) >= 11 is 0. The zero-order chi connectivity index (χ0) is 27.2. The van der Waals surface area contributed by atoms with E-state index < -0.39 is 14.3 Å². The summed E-state index contributed by atoms with van der Waals surface area (Å²) < 4.78 is 8.09. The van der Waals surface area contributed by atoms with Crippen LogP contribution in [0.4, 0.5) is 4.79 Å². The van der Waals surface area contributed by atoms with E-state index in [4.69, 9.17) is 9.72 Å². The molecule has 1 fully saturated rings. The molecule has 1 aliphatic rings. The van der Waals surface area contributed by atoms with Gasteiger partial charge in [-0.15, -0.1) is 0 Å². The summed E-state index contributed by atoms with van der Waals surface area (Å²) in [5, 5.41) is 10.6. The number of hydrogen-bond acceptors (Lipinski definition) is 4. The number of piperidine rings is 1. The van der Waals surface area contributed by atoms with Crippen molar-refractivity contribution in [1.82, 2.24) is 14.1 Å². The summed E-state index contributed by atoms with van der Waals surface area (Å²) in [5.74, 6) is 0.251. The average molecular weight is 516 g/mol. The van der Waals surface area contributed by atoms with Crippen LogP contribution in [-0.4, -0.2) is 59.0 Å². The smallest absolute Gasteiger partial charge is 0.407 e. The number of rotatable bonds is 7. The van der Waals surface area contributed by atoms with Gasteiger partial charge >= 0.3 is 6.09 Å². The van der Waals surface area contributed by atoms with Gasteiger partial charge in [0, 0.05) is 23.9 Å². The topological polar surface area (TPSA) is 84.7 Å². The van der Waals surface area contributed by atoms with E-state index in [1.54, 1.807) is 13.3 Å². The lowest BCUT2D eigenvalue weighted by molar-refractivity contribution is 0.0376. The molecule has 200 valence electrons. The molecule has 1 amide bonds. The van der Waals surface area contributed by atoms with Gasteiger partial charge in [-0.05, 0) is 47.1 Å². The second-order valence-corrected chi connectivity index (χ2v) is 18.1. The van der Waals surface area contributed by atoms with Crippen LogP contribution in [0.15, 0.2) is 18.5 Å². The molecule has 2 aromatic heterocycles. The summed E-state index contributed by atoms with van der Waals surface area (Å²) in [6.45, 7) is 20.4. The van der Waals surface area contributed by atoms with Crippen molar-refractivity contribution >= 4 is 31.1 Å². The van der Waals surface area contributed by atoms with E-state index >= 15 is 0 Å². The van der Waals surface area contributed by atoms with Crippen LogP contribution >= 0.6 is 0 Å². The second-order valence-electron chi connectivity index (χ2n) is 12.4. The highest BCUT2D eigenvalue weighted by atomic mass is 28.3. The van der Waals surface area contributed by atoms with Gasteiger partial charge in [0.05, 0.1) is 18.9 Å². The van der Waals surface area contributed by atoms with Gasteiger partial charge in [-0.25, -0.2) is 9.78 Å². The van der Waals surface area contributed by atoms with Gasteiger partial charge in [0.25, 0.3) is 0 Å². The van der Waals surface area contributed by atoms with Gasteiger partial charge in [-0.2, -0.15) is 0 Å². The minimum Gasteiger partial charge on any atom is -0.494 e. The predicted octanol–water partition coefficient (Wildman–Crippen LogP) is 7.06. The molecule has 2 atom stereocenters. The zero-order valence-corrected chi connectivity index (χ0v) is 24.8. The van der Waals surface area contributed by atoms with Gasteiger partial charge in [0.2, 0.25) is 0 Å². The van der Waals surface area contributed by atoms with Gasteiger partial charge in [0.15, 0.2) is 14.0 Å². The molecule has 1 aliphatic heterocycles. The van der Waals surface area contributed by atoms with Crippen LogP contribution in [0.2, 0.25) is 16.6 Å². The minimum atomic E-state index is -2.07. The third-order valence-electron chi connectivity index (χ3n) is 8.56. The van der Waals surface area contributed by atoms with E-state index in [2.05, 4.69) is 52.0 Å². The molecule has 2 unspecified atom stereocenters. The number of amides is 1. The van der Waals surface area contributed by atoms with E-state index in [1.807, 2.05) is 26.8 Å². The Morgan fingerprint density at radius 1 is 1.11 bits per heavy atom. The molecule has 3 heterocycles. The van der Waals surface area contributed by atoms with Crippen molar-refractivity contribution in [3.63, 3.8) is 0 Å². The van der Waals surface area contributed by atoms with Gasteiger partial charge in [-0.3, -0.25) is 4.79 Å².